The lowest BCUT2D eigenvalue weighted by Gasteiger charge is -2.46. The molecule has 1 amide bonds. The van der Waals surface area contributed by atoms with Crippen LogP contribution in [0.5, 0.6) is 0 Å². The Kier molecular flexibility index (Phi) is 13.6. The van der Waals surface area contributed by atoms with Crippen molar-refractivity contribution in [3.05, 3.63) is 10.4 Å². The third-order valence-electron chi connectivity index (χ3n) is 9.67. The van der Waals surface area contributed by atoms with Crippen LogP contribution >= 0.6 is 0 Å². The number of nitrogens with zero attached hydrogens (tertiary/aromatic N) is 4. The molecule has 3 unspecified atom stereocenters. The molecule has 0 radical (unpaired) electrons. The number of ketones is 1. The maximum atomic E-state index is 13.9. The number of hydrogen-bond donors (Lipinski definition) is 3. The number of nitrogens with two attached hydrogens (primary N) is 1. The predicted octanol–water partition coefficient (Wildman–Crippen LogP) is 2.81. The van der Waals surface area contributed by atoms with Gasteiger partial charge in [0.1, 0.15) is 18.1 Å². The number of fused-ring (bicyclic) bond motifs is 1. The van der Waals surface area contributed by atoms with E-state index in [0.29, 0.717) is 45.2 Å². The summed E-state index contributed by atoms with van der Waals surface area (Å²) in [5, 5.41) is 18.0. The summed E-state index contributed by atoms with van der Waals surface area (Å²) < 4.78 is 30.2. The number of cyclic esters (lactones) is 1. The van der Waals surface area contributed by atoms with E-state index >= 15 is 0 Å². The van der Waals surface area contributed by atoms with Gasteiger partial charge in [-0.2, -0.15) is 0 Å². The number of methoxy groups -OCH3 is 1. The van der Waals surface area contributed by atoms with Crippen molar-refractivity contribution < 1.29 is 43.2 Å². The van der Waals surface area contributed by atoms with Gasteiger partial charge < -0.3 is 39.8 Å². The first kappa shape index (κ1) is 37.9. The number of azide groups is 1. The zero-order valence-electron chi connectivity index (χ0n) is 28.5. The second-order valence-electron chi connectivity index (χ2n) is 13.3. The van der Waals surface area contributed by atoms with Crippen LogP contribution in [-0.4, -0.2) is 115 Å². The van der Waals surface area contributed by atoms with Crippen LogP contribution in [0.4, 0.5) is 4.79 Å². The van der Waals surface area contributed by atoms with Crippen molar-refractivity contribution in [1.29, 1.82) is 0 Å². The number of ether oxygens (including phenoxy) is 5. The molecule has 3 fully saturated rings. The van der Waals surface area contributed by atoms with E-state index in [1.165, 1.54) is 14.0 Å². The summed E-state index contributed by atoms with van der Waals surface area (Å²) in [6.45, 7) is 13.2. The summed E-state index contributed by atoms with van der Waals surface area (Å²) in [6.07, 6.45) is -3.26. The standard InChI is InChI=1S/C31H54N6O9/c1-9-22-26-23(37(30(41)45-26)13-11-10-12-34-36-33)20(6)35-16(2)15-31(7,42-8)27(18(4)24(38)19(5)28(40)44-22)46-29-25(39)21(32)14-17(3)43-29/h16-23,25-27,29,35,39H,9-15,32H2,1-8H3/t16?,17-,18+,19-,20-,21?,22-,23-,25?,26-,27-,29+,31-/m1/s1. The molecular weight excluding hydrogens is 600 g/mol. The van der Waals surface area contributed by atoms with Gasteiger partial charge in [0.25, 0.3) is 0 Å². The number of aliphatic hydroxyl groups is 1. The number of Topliss-reactive ketones (excluding diaryl/α,β-unsaturated/α-hetero) is 1. The molecule has 3 rings (SSSR count). The Morgan fingerprint density at radius 3 is 2.50 bits per heavy atom. The first-order valence-electron chi connectivity index (χ1n) is 16.5. The summed E-state index contributed by atoms with van der Waals surface area (Å²) in [6, 6.07) is -1.63. The minimum absolute atomic E-state index is 0.224. The fourth-order valence-corrected chi connectivity index (χ4v) is 7.11. The van der Waals surface area contributed by atoms with Crippen LogP contribution in [0.2, 0.25) is 0 Å². The average Bonchev–Trinajstić information content (AvgIpc) is 3.34. The second-order valence-corrected chi connectivity index (χ2v) is 13.3. The van der Waals surface area contributed by atoms with E-state index in [2.05, 4.69) is 15.3 Å². The minimum atomic E-state index is -1.17. The molecule has 0 aliphatic carbocycles. The van der Waals surface area contributed by atoms with Crippen molar-refractivity contribution in [2.75, 3.05) is 20.2 Å². The van der Waals surface area contributed by atoms with Crippen molar-refractivity contribution in [3.8, 4) is 0 Å². The Hall–Kier alpha value is -2.52. The van der Waals surface area contributed by atoms with Gasteiger partial charge in [0.2, 0.25) is 0 Å². The summed E-state index contributed by atoms with van der Waals surface area (Å²) in [5.74, 6) is -3.21. The lowest BCUT2D eigenvalue weighted by molar-refractivity contribution is -0.288. The lowest BCUT2D eigenvalue weighted by atomic mass is 9.79. The first-order chi connectivity index (χ1) is 21.7. The number of aliphatic hydroxyl groups excluding tert-OH is 1. The zero-order chi connectivity index (χ0) is 34.3. The van der Waals surface area contributed by atoms with Gasteiger partial charge in [0.05, 0.1) is 23.9 Å². The molecule has 0 bridgehead atoms. The van der Waals surface area contributed by atoms with Crippen molar-refractivity contribution in [2.24, 2.45) is 22.7 Å². The molecular formula is C31H54N6O9. The second kappa shape index (κ2) is 16.5. The number of rotatable bonds is 9. The van der Waals surface area contributed by atoms with Gasteiger partial charge in [-0.1, -0.05) is 19.0 Å². The SMILES string of the molecule is CC[C@H]1OC(=O)[C@H](C)C(=O)[C@H](C)[C@@H](O[C@@H]2O[C@H](C)CC(N)C2O)[C@](C)(OC)CC(C)N[C@H](C)[C@@H]2[C@@H]1OC(=O)N2CCCCN=[N+]=[N-]. The molecule has 15 nitrogen and oxygen atoms in total. The molecule has 15 heteroatoms. The first-order valence-corrected chi connectivity index (χ1v) is 16.5. The number of carbonyl (C=O) groups is 3. The molecule has 0 aromatic carbocycles. The molecule has 13 atom stereocenters. The van der Waals surface area contributed by atoms with Crippen LogP contribution in [0.3, 0.4) is 0 Å². The van der Waals surface area contributed by atoms with Crippen molar-refractivity contribution in [2.45, 2.75) is 147 Å². The van der Waals surface area contributed by atoms with Crippen LogP contribution < -0.4 is 11.1 Å². The highest BCUT2D eigenvalue weighted by molar-refractivity contribution is 6.00. The van der Waals surface area contributed by atoms with Gasteiger partial charge >= 0.3 is 12.1 Å². The number of hydrogen-bond acceptors (Lipinski definition) is 12. The maximum absolute atomic E-state index is 13.9. The summed E-state index contributed by atoms with van der Waals surface area (Å²) in [4.78, 5) is 45.1. The maximum Gasteiger partial charge on any atom is 0.410 e. The van der Waals surface area contributed by atoms with E-state index in [9.17, 15) is 19.5 Å². The predicted molar refractivity (Wildman–Crippen MR) is 167 cm³/mol. The van der Waals surface area contributed by atoms with Gasteiger partial charge in [-0.05, 0) is 72.3 Å². The minimum Gasteiger partial charge on any atom is -0.458 e. The molecule has 3 aliphatic heterocycles. The summed E-state index contributed by atoms with van der Waals surface area (Å²) >= 11 is 0. The summed E-state index contributed by atoms with van der Waals surface area (Å²) in [5.41, 5.74) is 13.7. The van der Waals surface area contributed by atoms with E-state index in [1.54, 1.807) is 11.8 Å². The molecule has 0 spiro atoms. The van der Waals surface area contributed by atoms with Crippen LogP contribution in [-0.2, 0) is 33.3 Å². The smallest absolute Gasteiger partial charge is 0.410 e. The highest BCUT2D eigenvalue weighted by atomic mass is 16.7. The molecule has 0 saturated carbocycles. The van der Waals surface area contributed by atoms with Gasteiger partial charge in [-0.25, -0.2) is 4.79 Å². The van der Waals surface area contributed by atoms with E-state index in [-0.39, 0.29) is 18.2 Å². The monoisotopic (exact) mass is 654 g/mol. The van der Waals surface area contributed by atoms with E-state index in [0.717, 1.165) is 0 Å². The van der Waals surface area contributed by atoms with Crippen LogP contribution in [0.25, 0.3) is 10.4 Å². The Morgan fingerprint density at radius 2 is 1.87 bits per heavy atom. The van der Waals surface area contributed by atoms with Crippen molar-refractivity contribution in [3.63, 3.8) is 0 Å². The number of esters is 1. The number of unbranched alkanes of at least 4 members (excludes halogenated alkanes) is 1. The highest BCUT2D eigenvalue weighted by Crippen LogP contribution is 2.36. The largest absolute Gasteiger partial charge is 0.458 e. The van der Waals surface area contributed by atoms with Gasteiger partial charge in [-0.15, -0.1) is 0 Å². The number of carbonyl (C=O) groups excluding carboxylic acids is 3. The van der Waals surface area contributed by atoms with E-state index in [1.807, 2.05) is 34.6 Å². The third-order valence-corrected chi connectivity index (χ3v) is 9.67. The molecule has 0 aromatic rings. The Labute approximate surface area is 271 Å². The molecule has 3 aliphatic rings. The summed E-state index contributed by atoms with van der Waals surface area (Å²) in [7, 11) is 1.53. The number of amides is 1. The molecule has 4 N–H and O–H groups in total. The molecule has 3 saturated heterocycles. The van der Waals surface area contributed by atoms with Gasteiger partial charge in [0, 0.05) is 49.2 Å². The highest BCUT2D eigenvalue weighted by Gasteiger charge is 2.52. The third kappa shape index (κ3) is 8.68. The Morgan fingerprint density at radius 1 is 1.17 bits per heavy atom. The van der Waals surface area contributed by atoms with Gasteiger partial charge in [-0.3, -0.25) is 14.5 Å². The molecule has 46 heavy (non-hydrogen) atoms. The molecule has 3 heterocycles. The molecule has 0 aromatic heterocycles. The quantitative estimate of drug-likeness (QED) is 0.0822. The van der Waals surface area contributed by atoms with E-state index in [4.69, 9.17) is 34.9 Å². The number of nitrogens with one attached hydrogen (secondary N) is 1. The fourth-order valence-electron chi connectivity index (χ4n) is 7.11. The lowest BCUT2D eigenvalue weighted by Crippen LogP contribution is -2.60. The van der Waals surface area contributed by atoms with Crippen molar-refractivity contribution >= 4 is 17.8 Å². The van der Waals surface area contributed by atoms with Crippen LogP contribution in [0.1, 0.15) is 80.6 Å². The Balaban J connectivity index is 2.00. The normalized spacial score (nSPS) is 41.2. The zero-order valence-corrected chi connectivity index (χ0v) is 28.5. The van der Waals surface area contributed by atoms with E-state index < -0.39 is 78.1 Å². The topological polar surface area (TPSA) is 208 Å². The Bertz CT molecular complexity index is 1110. The van der Waals surface area contributed by atoms with Crippen molar-refractivity contribution in [1.82, 2.24) is 10.2 Å². The van der Waals surface area contributed by atoms with Gasteiger partial charge in [0.15, 0.2) is 18.2 Å². The fraction of sp³-hybridized carbons (Fsp3) is 0.903. The van der Waals surface area contributed by atoms with Crippen LogP contribution in [0, 0.1) is 11.8 Å². The molecule has 262 valence electrons. The van der Waals surface area contributed by atoms with Crippen LogP contribution in [0.15, 0.2) is 5.11 Å². The average molecular weight is 655 g/mol.